The lowest BCUT2D eigenvalue weighted by Gasteiger charge is -2.39. The SMILES string of the molecule is CC1(C)CCSCC1Nc1ccccc1Cl. The number of hydrogen-bond donors (Lipinski definition) is 1. The van der Waals surface area contributed by atoms with Crippen molar-refractivity contribution >= 4 is 29.1 Å². The van der Waals surface area contributed by atoms with Gasteiger partial charge in [0.05, 0.1) is 10.7 Å². The Balaban J connectivity index is 2.12. The number of anilines is 1. The third kappa shape index (κ3) is 2.67. The van der Waals surface area contributed by atoms with Crippen LogP contribution in [0.1, 0.15) is 20.3 Å². The zero-order valence-corrected chi connectivity index (χ0v) is 11.4. The Kier molecular flexibility index (Phi) is 3.70. The Morgan fingerprint density at radius 1 is 1.38 bits per heavy atom. The van der Waals surface area contributed by atoms with Crippen LogP contribution < -0.4 is 5.32 Å². The number of benzene rings is 1. The fourth-order valence-corrected chi connectivity index (χ4v) is 3.74. The molecule has 0 aliphatic carbocycles. The number of hydrogen-bond acceptors (Lipinski definition) is 2. The minimum Gasteiger partial charge on any atom is -0.380 e. The molecule has 16 heavy (non-hydrogen) atoms. The summed E-state index contributed by atoms with van der Waals surface area (Å²) in [6.07, 6.45) is 1.26. The van der Waals surface area contributed by atoms with Crippen molar-refractivity contribution in [2.24, 2.45) is 5.41 Å². The molecule has 1 heterocycles. The van der Waals surface area contributed by atoms with Gasteiger partial charge in [-0.1, -0.05) is 37.6 Å². The first-order valence-electron chi connectivity index (χ1n) is 5.68. The Morgan fingerprint density at radius 3 is 2.81 bits per heavy atom. The standard InChI is InChI=1S/C13H18ClNS/c1-13(2)7-8-16-9-12(13)15-11-6-4-3-5-10(11)14/h3-6,12,15H,7-9H2,1-2H3. The van der Waals surface area contributed by atoms with Crippen LogP contribution in [0.2, 0.25) is 5.02 Å². The zero-order valence-electron chi connectivity index (χ0n) is 9.79. The number of para-hydroxylation sites is 1. The molecular weight excluding hydrogens is 238 g/mol. The molecule has 0 saturated carbocycles. The Hall–Kier alpha value is -0.340. The second-order valence-electron chi connectivity index (χ2n) is 4.99. The van der Waals surface area contributed by atoms with Crippen LogP contribution in [0.25, 0.3) is 0 Å². The fraction of sp³-hybridized carbons (Fsp3) is 0.538. The van der Waals surface area contributed by atoms with Crippen molar-refractivity contribution in [2.45, 2.75) is 26.3 Å². The van der Waals surface area contributed by atoms with E-state index in [0.717, 1.165) is 16.5 Å². The predicted octanol–water partition coefficient (Wildman–Crippen LogP) is 4.28. The molecule has 1 saturated heterocycles. The molecule has 0 spiro atoms. The molecule has 88 valence electrons. The van der Waals surface area contributed by atoms with Gasteiger partial charge in [-0.2, -0.15) is 11.8 Å². The highest BCUT2D eigenvalue weighted by molar-refractivity contribution is 7.99. The average molecular weight is 256 g/mol. The fourth-order valence-electron chi connectivity index (χ4n) is 1.94. The van der Waals surface area contributed by atoms with Gasteiger partial charge in [0.25, 0.3) is 0 Å². The largest absolute Gasteiger partial charge is 0.380 e. The van der Waals surface area contributed by atoms with E-state index in [4.69, 9.17) is 11.6 Å². The lowest BCUT2D eigenvalue weighted by atomic mass is 9.82. The van der Waals surface area contributed by atoms with E-state index in [0.29, 0.717) is 11.5 Å². The van der Waals surface area contributed by atoms with Gasteiger partial charge in [0.1, 0.15) is 0 Å². The summed E-state index contributed by atoms with van der Waals surface area (Å²) in [6, 6.07) is 8.49. The highest BCUT2D eigenvalue weighted by atomic mass is 35.5. The first-order valence-corrected chi connectivity index (χ1v) is 7.22. The molecule has 0 radical (unpaired) electrons. The van der Waals surface area contributed by atoms with Crippen LogP contribution >= 0.6 is 23.4 Å². The monoisotopic (exact) mass is 255 g/mol. The van der Waals surface area contributed by atoms with Crippen molar-refractivity contribution in [1.29, 1.82) is 0 Å². The molecule has 3 heteroatoms. The smallest absolute Gasteiger partial charge is 0.0637 e. The summed E-state index contributed by atoms with van der Waals surface area (Å²) < 4.78 is 0. The maximum Gasteiger partial charge on any atom is 0.0637 e. The molecule has 1 aliphatic heterocycles. The minimum atomic E-state index is 0.352. The normalized spacial score (nSPS) is 24.1. The van der Waals surface area contributed by atoms with Gasteiger partial charge in [0.15, 0.2) is 0 Å². The lowest BCUT2D eigenvalue weighted by molar-refractivity contribution is 0.305. The number of nitrogens with one attached hydrogen (secondary N) is 1. The van der Waals surface area contributed by atoms with E-state index in [-0.39, 0.29) is 0 Å². The highest BCUT2D eigenvalue weighted by Crippen LogP contribution is 2.36. The highest BCUT2D eigenvalue weighted by Gasteiger charge is 2.32. The van der Waals surface area contributed by atoms with Gasteiger partial charge in [-0.05, 0) is 29.7 Å². The summed E-state index contributed by atoms with van der Waals surface area (Å²) >= 11 is 8.19. The predicted molar refractivity (Wildman–Crippen MR) is 74.6 cm³/mol. The quantitative estimate of drug-likeness (QED) is 0.847. The van der Waals surface area contributed by atoms with Crippen LogP contribution in [0.4, 0.5) is 5.69 Å². The van der Waals surface area contributed by atoms with Gasteiger partial charge in [-0.25, -0.2) is 0 Å². The van der Waals surface area contributed by atoms with Crippen LogP contribution in [0.15, 0.2) is 24.3 Å². The van der Waals surface area contributed by atoms with Crippen LogP contribution in [0.3, 0.4) is 0 Å². The molecular formula is C13H18ClNS. The topological polar surface area (TPSA) is 12.0 Å². The molecule has 0 bridgehead atoms. The van der Waals surface area contributed by atoms with Crippen LogP contribution in [0.5, 0.6) is 0 Å². The van der Waals surface area contributed by atoms with Crippen LogP contribution in [-0.4, -0.2) is 17.5 Å². The minimum absolute atomic E-state index is 0.352. The van der Waals surface area contributed by atoms with Gasteiger partial charge < -0.3 is 5.32 Å². The Labute approximate surface area is 107 Å². The molecule has 1 N–H and O–H groups in total. The van der Waals surface area contributed by atoms with Crippen molar-refractivity contribution in [3.05, 3.63) is 29.3 Å². The van der Waals surface area contributed by atoms with Gasteiger partial charge in [0.2, 0.25) is 0 Å². The van der Waals surface area contributed by atoms with E-state index in [1.807, 2.05) is 30.0 Å². The third-order valence-corrected chi connectivity index (χ3v) is 4.71. The molecule has 1 nitrogen and oxygen atoms in total. The molecule has 0 amide bonds. The molecule has 1 aromatic rings. The van der Waals surface area contributed by atoms with Gasteiger partial charge in [0, 0.05) is 11.8 Å². The van der Waals surface area contributed by atoms with E-state index < -0.39 is 0 Å². The second-order valence-corrected chi connectivity index (χ2v) is 6.55. The lowest BCUT2D eigenvalue weighted by Crippen LogP contribution is -2.41. The van der Waals surface area contributed by atoms with Crippen molar-refractivity contribution in [2.75, 3.05) is 16.8 Å². The maximum atomic E-state index is 6.17. The number of thioether (sulfide) groups is 1. The number of halogens is 1. The maximum absolute atomic E-state index is 6.17. The van der Waals surface area contributed by atoms with E-state index in [1.54, 1.807) is 0 Å². The van der Waals surface area contributed by atoms with E-state index in [2.05, 4.69) is 25.2 Å². The molecule has 1 aliphatic rings. The molecule has 0 aromatic heterocycles. The molecule has 1 atom stereocenters. The summed E-state index contributed by atoms with van der Waals surface area (Å²) in [4.78, 5) is 0. The van der Waals surface area contributed by atoms with Gasteiger partial charge in [-0.3, -0.25) is 0 Å². The van der Waals surface area contributed by atoms with Crippen molar-refractivity contribution in [3.8, 4) is 0 Å². The summed E-state index contributed by atoms with van der Waals surface area (Å²) in [7, 11) is 0. The van der Waals surface area contributed by atoms with E-state index in [1.165, 1.54) is 12.2 Å². The first kappa shape index (κ1) is 12.1. The van der Waals surface area contributed by atoms with Gasteiger partial charge >= 0.3 is 0 Å². The third-order valence-electron chi connectivity index (χ3n) is 3.32. The van der Waals surface area contributed by atoms with Crippen molar-refractivity contribution in [3.63, 3.8) is 0 Å². The summed E-state index contributed by atoms with van der Waals surface area (Å²) in [5.41, 5.74) is 1.41. The van der Waals surface area contributed by atoms with Crippen molar-refractivity contribution < 1.29 is 0 Å². The Bertz CT molecular complexity index is 365. The summed E-state index contributed by atoms with van der Waals surface area (Å²) in [5.74, 6) is 2.44. The van der Waals surface area contributed by atoms with E-state index in [9.17, 15) is 0 Å². The molecule has 1 unspecified atom stereocenters. The summed E-state index contributed by atoms with van der Waals surface area (Å²) in [6.45, 7) is 4.67. The molecule has 1 fully saturated rings. The molecule has 1 aromatic carbocycles. The van der Waals surface area contributed by atoms with E-state index >= 15 is 0 Å². The van der Waals surface area contributed by atoms with Gasteiger partial charge in [-0.15, -0.1) is 0 Å². The zero-order chi connectivity index (χ0) is 11.6. The average Bonchev–Trinajstić information content (AvgIpc) is 2.24. The Morgan fingerprint density at radius 2 is 2.12 bits per heavy atom. The first-order chi connectivity index (χ1) is 7.59. The number of rotatable bonds is 2. The van der Waals surface area contributed by atoms with Crippen molar-refractivity contribution in [1.82, 2.24) is 0 Å². The van der Waals surface area contributed by atoms with Crippen LogP contribution in [-0.2, 0) is 0 Å². The summed E-state index contributed by atoms with van der Waals surface area (Å²) in [5, 5.41) is 4.40. The van der Waals surface area contributed by atoms with Crippen LogP contribution in [0, 0.1) is 5.41 Å². The molecule has 2 rings (SSSR count). The second kappa shape index (κ2) is 4.89.